The summed E-state index contributed by atoms with van der Waals surface area (Å²) in [7, 11) is 0. The Morgan fingerprint density at radius 2 is 1.69 bits per heavy atom. The average Bonchev–Trinajstić information content (AvgIpc) is 3.01. The summed E-state index contributed by atoms with van der Waals surface area (Å²) < 4.78 is 0. The molecule has 0 radical (unpaired) electrons. The number of hydrogen-bond donors (Lipinski definition) is 4. The summed E-state index contributed by atoms with van der Waals surface area (Å²) >= 11 is 0. The molecule has 0 amide bonds. The molecule has 4 rings (SSSR count). The molecule has 8 heteroatoms. The number of aliphatic hydroxyl groups is 3. The van der Waals surface area contributed by atoms with Gasteiger partial charge in [0.2, 0.25) is 0 Å². The zero-order valence-electron chi connectivity index (χ0n) is 21.3. The van der Waals surface area contributed by atoms with E-state index < -0.39 is 12.1 Å². The third-order valence-corrected chi connectivity index (χ3v) is 10.3. The zero-order chi connectivity index (χ0) is 21.1. The molecule has 0 aromatic heterocycles. The molecule has 4 aliphatic rings. The third-order valence-electron chi connectivity index (χ3n) is 10.3. The molecule has 7 nitrogen and oxygen atoms in total. The first-order chi connectivity index (χ1) is 13.6. The summed E-state index contributed by atoms with van der Waals surface area (Å²) in [4.78, 5) is 11.1. The van der Waals surface area contributed by atoms with Gasteiger partial charge in [-0.05, 0) is 97.7 Å². The summed E-state index contributed by atoms with van der Waals surface area (Å²) in [5.74, 6) is 0.997. The number of fused-ring (bicyclic) bond motifs is 5. The first kappa shape index (κ1) is 30.3. The van der Waals surface area contributed by atoms with E-state index in [1.54, 1.807) is 0 Å². The van der Waals surface area contributed by atoms with Gasteiger partial charge in [0, 0.05) is 6.42 Å². The van der Waals surface area contributed by atoms with Crippen molar-refractivity contribution < 1.29 is 67.2 Å². The second-order valence-electron chi connectivity index (χ2n) is 11.4. The largest absolute Gasteiger partial charge is 1.00 e. The van der Waals surface area contributed by atoms with Crippen LogP contribution in [0.3, 0.4) is 0 Å². The first-order valence-electron chi connectivity index (χ1n) is 11.8. The van der Waals surface area contributed by atoms with Crippen molar-refractivity contribution in [2.24, 2.45) is 46.3 Å². The van der Waals surface area contributed by atoms with Crippen LogP contribution >= 0.6 is 0 Å². The number of aliphatic hydroxyl groups excluding tert-OH is 3. The third kappa shape index (κ3) is 4.70. The minimum Gasteiger partial charge on any atom is -1.00 e. The molecule has 0 aromatic rings. The van der Waals surface area contributed by atoms with Crippen LogP contribution in [0.2, 0.25) is 0 Å². The van der Waals surface area contributed by atoms with Crippen LogP contribution in [-0.4, -0.2) is 55.7 Å². The van der Waals surface area contributed by atoms with Crippen molar-refractivity contribution in [3.63, 3.8) is 0 Å². The van der Waals surface area contributed by atoms with Crippen LogP contribution in [0, 0.1) is 46.3 Å². The van der Waals surface area contributed by atoms with Crippen molar-refractivity contribution in [3.8, 4) is 0 Å². The Morgan fingerprint density at radius 1 is 1.03 bits per heavy atom. The Labute approximate surface area is 215 Å². The van der Waals surface area contributed by atoms with E-state index >= 15 is 0 Å². The van der Waals surface area contributed by atoms with Gasteiger partial charge in [-0.2, -0.15) is 0 Å². The fourth-order valence-electron chi connectivity index (χ4n) is 8.68. The van der Waals surface area contributed by atoms with Crippen LogP contribution in [-0.2, 0) is 4.79 Å². The van der Waals surface area contributed by atoms with Crippen molar-refractivity contribution in [2.45, 2.75) is 96.9 Å². The van der Waals surface area contributed by atoms with Crippen LogP contribution in [0.15, 0.2) is 0 Å². The molecule has 4 saturated carbocycles. The maximum Gasteiger partial charge on any atom is 1.00 e. The minimum atomic E-state index is -0.748. The monoisotopic (exact) mass is 468 g/mol. The van der Waals surface area contributed by atoms with E-state index in [1.807, 2.05) is 0 Å². The first-order valence-corrected chi connectivity index (χ1v) is 11.8. The molecule has 184 valence electrons. The van der Waals surface area contributed by atoms with Gasteiger partial charge in [-0.15, -0.1) is 0 Å². The van der Waals surface area contributed by atoms with E-state index in [-0.39, 0.29) is 83.2 Å². The van der Waals surface area contributed by atoms with E-state index in [0.29, 0.717) is 30.1 Å². The van der Waals surface area contributed by atoms with Gasteiger partial charge in [0.15, 0.2) is 0 Å². The van der Waals surface area contributed by atoms with Crippen LogP contribution < -0.4 is 29.6 Å². The molecule has 11 atom stereocenters. The summed E-state index contributed by atoms with van der Waals surface area (Å²) in [5, 5.41) is 42.0. The Balaban J connectivity index is 0.00000256. The zero-order valence-corrected chi connectivity index (χ0v) is 22.3. The number of carbonyl (C=O) groups is 1. The van der Waals surface area contributed by atoms with Gasteiger partial charge >= 0.3 is 35.5 Å². The molecule has 0 saturated heterocycles. The SMILES string of the molecule is C[C@H](CCC(=O)O)[C@H]1CC[C@H]2[C@@H]3[C@H](O)C[C@@H]4C[C@H](O)CC[C@]4(C)[C@H]3C[C@H](O)[C@]12C.O.O.[H-].[Na+]. The minimum absolute atomic E-state index is 0. The van der Waals surface area contributed by atoms with Crippen molar-refractivity contribution in [3.05, 3.63) is 0 Å². The van der Waals surface area contributed by atoms with Crippen molar-refractivity contribution >= 4 is 5.97 Å². The predicted molar refractivity (Wildman–Crippen MR) is 118 cm³/mol. The van der Waals surface area contributed by atoms with Crippen molar-refractivity contribution in [1.82, 2.24) is 0 Å². The smallest absolute Gasteiger partial charge is 1.00 e. The van der Waals surface area contributed by atoms with E-state index in [9.17, 15) is 20.1 Å². The molecule has 0 aromatic carbocycles. The second kappa shape index (κ2) is 10.9. The van der Waals surface area contributed by atoms with Gasteiger partial charge in [0.25, 0.3) is 0 Å². The molecule has 0 aliphatic heterocycles. The number of rotatable bonds is 4. The van der Waals surface area contributed by atoms with Crippen molar-refractivity contribution in [1.29, 1.82) is 0 Å². The van der Waals surface area contributed by atoms with E-state index in [1.165, 1.54) is 0 Å². The molecule has 0 bridgehead atoms. The maximum atomic E-state index is 11.5. The van der Waals surface area contributed by atoms with E-state index in [0.717, 1.165) is 44.9 Å². The Hall–Kier alpha value is 0.270. The van der Waals surface area contributed by atoms with E-state index in [2.05, 4.69) is 20.8 Å². The average molecular weight is 469 g/mol. The summed E-state index contributed by atoms with van der Waals surface area (Å²) in [5.41, 5.74) is -0.143. The number of hydrogen-bond acceptors (Lipinski definition) is 4. The predicted octanol–water partition coefficient (Wildman–Crippen LogP) is -1.08. The Bertz CT molecular complexity index is 654. The van der Waals surface area contributed by atoms with Gasteiger partial charge in [0.05, 0.1) is 18.3 Å². The van der Waals surface area contributed by atoms with E-state index in [4.69, 9.17) is 5.11 Å². The molecular weight excluding hydrogens is 423 g/mol. The fourth-order valence-corrected chi connectivity index (χ4v) is 8.68. The fraction of sp³-hybridized carbons (Fsp3) is 0.958. The van der Waals surface area contributed by atoms with Gasteiger partial charge < -0.3 is 32.8 Å². The molecule has 4 fully saturated rings. The van der Waals surface area contributed by atoms with Gasteiger partial charge in [-0.3, -0.25) is 4.79 Å². The summed E-state index contributed by atoms with van der Waals surface area (Å²) in [6, 6.07) is 0. The van der Waals surface area contributed by atoms with Gasteiger partial charge in [-0.25, -0.2) is 0 Å². The van der Waals surface area contributed by atoms with Crippen LogP contribution in [0.25, 0.3) is 0 Å². The Morgan fingerprint density at radius 3 is 2.31 bits per heavy atom. The van der Waals surface area contributed by atoms with Crippen molar-refractivity contribution in [2.75, 3.05) is 0 Å². The number of carboxylic acids is 1. The maximum absolute atomic E-state index is 11.5. The number of aliphatic carboxylic acids is 1. The normalized spacial score (nSPS) is 47.9. The molecule has 32 heavy (non-hydrogen) atoms. The van der Waals surface area contributed by atoms with Gasteiger partial charge in [-0.1, -0.05) is 20.8 Å². The molecule has 0 unspecified atom stereocenters. The molecule has 0 heterocycles. The second-order valence-corrected chi connectivity index (χ2v) is 11.4. The quantitative estimate of drug-likeness (QED) is 0.385. The molecular formula is C24H45NaO7. The van der Waals surface area contributed by atoms with Crippen LogP contribution in [0.1, 0.15) is 80.0 Å². The van der Waals surface area contributed by atoms with Crippen LogP contribution in [0.4, 0.5) is 0 Å². The molecule has 0 spiro atoms. The molecule has 8 N–H and O–H groups in total. The van der Waals surface area contributed by atoms with Gasteiger partial charge in [0.1, 0.15) is 0 Å². The molecule has 4 aliphatic carbocycles. The summed E-state index contributed by atoms with van der Waals surface area (Å²) in [6.45, 7) is 6.72. The summed E-state index contributed by atoms with van der Waals surface area (Å²) in [6.07, 6.45) is 6.00. The Kier molecular flexibility index (Phi) is 10.3. The topological polar surface area (TPSA) is 161 Å². The number of carboxylic acid groups (broad SMARTS) is 1. The van der Waals surface area contributed by atoms with Crippen LogP contribution in [0.5, 0.6) is 0 Å². The standard InChI is InChI=1S/C24H40O5.Na.2H2O.H/c1-13(4-7-21(28)29)16-5-6-17-22-18(12-20(27)24(16,17)3)23(2)9-8-15(25)10-14(23)11-19(22)26;;;;/h13-20,22,25-27H,4-12H2,1-3H3,(H,28,29);;2*1H2;/q;+1;;;-1/t13-,14+,15-,16-,17+,18+,19-,20+,22+,23+,24-;;;;/m1..../s1.